The fraction of sp³-hybridized carbons (Fsp3) is 0.200. The van der Waals surface area contributed by atoms with Crippen LogP contribution in [0.5, 0.6) is 0 Å². The van der Waals surface area contributed by atoms with Crippen LogP contribution in [0.15, 0.2) is 59.3 Å². The number of benzene rings is 2. The largest absolute Gasteiger partial charge is 0.481 e. The number of hydrogen-bond acceptors (Lipinski definition) is 6. The maximum atomic E-state index is 12.3. The molecule has 5 rings (SSSR count). The first-order valence-corrected chi connectivity index (χ1v) is 11.8. The molecule has 0 spiro atoms. The Balaban J connectivity index is 1.30. The molecule has 0 unspecified atom stereocenters. The van der Waals surface area contributed by atoms with Crippen LogP contribution in [-0.4, -0.2) is 31.6 Å². The molecule has 3 aromatic heterocycles. The number of urea groups is 1. The van der Waals surface area contributed by atoms with E-state index in [2.05, 4.69) is 15.8 Å². The molecular formula is C25H23N5O4S. The molecular weight excluding hydrogens is 466 g/mol. The van der Waals surface area contributed by atoms with Gasteiger partial charge in [0.15, 0.2) is 10.8 Å². The summed E-state index contributed by atoms with van der Waals surface area (Å²) >= 11 is 1.55. The number of nitrogens with zero attached hydrogens (tertiary/aromatic N) is 3. The summed E-state index contributed by atoms with van der Waals surface area (Å²) in [6, 6.07) is 14.3. The predicted molar refractivity (Wildman–Crippen MR) is 135 cm³/mol. The molecule has 9 nitrogen and oxygen atoms in total. The Kier molecular flexibility index (Phi) is 5.52. The van der Waals surface area contributed by atoms with Gasteiger partial charge < -0.3 is 14.9 Å². The Morgan fingerprint density at radius 1 is 1.09 bits per heavy atom. The summed E-state index contributed by atoms with van der Waals surface area (Å²) < 4.78 is 8.30. The summed E-state index contributed by atoms with van der Waals surface area (Å²) in [6.07, 6.45) is 1.91. The van der Waals surface area contributed by atoms with Crippen molar-refractivity contribution in [2.45, 2.75) is 32.6 Å². The van der Waals surface area contributed by atoms with Crippen LogP contribution in [0.25, 0.3) is 26.4 Å². The first-order chi connectivity index (χ1) is 16.7. The van der Waals surface area contributed by atoms with E-state index in [0.29, 0.717) is 17.3 Å². The fourth-order valence-corrected chi connectivity index (χ4v) is 4.65. The van der Waals surface area contributed by atoms with Crippen molar-refractivity contribution in [3.05, 3.63) is 66.1 Å². The van der Waals surface area contributed by atoms with E-state index in [9.17, 15) is 9.59 Å². The molecule has 178 valence electrons. The molecule has 0 bridgehead atoms. The lowest BCUT2D eigenvalue weighted by molar-refractivity contribution is -0.136. The highest BCUT2D eigenvalue weighted by Gasteiger charge is 2.20. The van der Waals surface area contributed by atoms with Gasteiger partial charge in [-0.15, -0.1) is 0 Å². The molecule has 2 aromatic carbocycles. The van der Waals surface area contributed by atoms with E-state index in [-0.39, 0.29) is 11.8 Å². The van der Waals surface area contributed by atoms with E-state index >= 15 is 0 Å². The van der Waals surface area contributed by atoms with Crippen LogP contribution < -0.4 is 10.6 Å². The minimum Gasteiger partial charge on any atom is -0.481 e. The second kappa shape index (κ2) is 8.55. The molecule has 0 aliphatic heterocycles. The summed E-state index contributed by atoms with van der Waals surface area (Å²) in [4.78, 5) is 29.0. The molecule has 0 saturated heterocycles. The topological polar surface area (TPSA) is 122 Å². The number of imidazole rings is 1. The van der Waals surface area contributed by atoms with Crippen molar-refractivity contribution in [3.63, 3.8) is 0 Å². The highest BCUT2D eigenvalue weighted by atomic mass is 32.1. The monoisotopic (exact) mass is 489 g/mol. The number of aromatic nitrogens is 3. The predicted octanol–water partition coefficient (Wildman–Crippen LogP) is 5.77. The third kappa shape index (κ3) is 4.73. The number of thiazole rings is 1. The van der Waals surface area contributed by atoms with Gasteiger partial charge in [-0.25, -0.2) is 9.78 Å². The highest BCUT2D eigenvalue weighted by Crippen LogP contribution is 2.31. The zero-order valence-corrected chi connectivity index (χ0v) is 20.1. The third-order valence-corrected chi connectivity index (χ3v) is 6.48. The van der Waals surface area contributed by atoms with Crippen LogP contribution in [0.1, 0.15) is 32.1 Å². The number of carbonyl (C=O) groups excluding carboxylic acids is 1. The van der Waals surface area contributed by atoms with Crippen LogP contribution in [0.3, 0.4) is 0 Å². The number of carboxylic acid groups (broad SMARTS) is 1. The standard InChI is InChI=1S/C25H23N5O4S/c1-25(2,3)20-12-21(29-34-20)28-23(33)26-16-7-5-15(6-8-16)17-13-30-18-10-14(11-22(31)32)4-9-19(18)35-24(30)27-17/h4-10,12-13H,11H2,1-3H3,(H,31,32)(H2,26,28,29,33). The first kappa shape index (κ1) is 22.6. The number of carbonyl (C=O) groups is 2. The second-order valence-electron chi connectivity index (χ2n) is 9.24. The molecule has 3 N–H and O–H groups in total. The summed E-state index contributed by atoms with van der Waals surface area (Å²) in [5.41, 5.74) is 3.78. The van der Waals surface area contributed by atoms with Crippen LogP contribution in [0.2, 0.25) is 0 Å². The highest BCUT2D eigenvalue weighted by molar-refractivity contribution is 7.23. The van der Waals surface area contributed by atoms with Gasteiger partial charge in [0, 0.05) is 28.9 Å². The molecule has 10 heteroatoms. The van der Waals surface area contributed by atoms with Gasteiger partial charge in [-0.3, -0.25) is 14.5 Å². The smallest absolute Gasteiger partial charge is 0.324 e. The minimum atomic E-state index is -0.861. The number of carboxylic acids is 1. The first-order valence-electron chi connectivity index (χ1n) is 10.9. The fourth-order valence-electron chi connectivity index (χ4n) is 3.66. The number of amides is 2. The van der Waals surface area contributed by atoms with Gasteiger partial charge >= 0.3 is 12.0 Å². The van der Waals surface area contributed by atoms with E-state index < -0.39 is 12.0 Å². The van der Waals surface area contributed by atoms with Crippen molar-refractivity contribution >= 4 is 50.0 Å². The average Bonchev–Trinajstić information content (AvgIpc) is 3.48. The summed E-state index contributed by atoms with van der Waals surface area (Å²) in [7, 11) is 0. The van der Waals surface area contributed by atoms with Gasteiger partial charge in [0.25, 0.3) is 0 Å². The Labute approximate surface area is 204 Å². The van der Waals surface area contributed by atoms with E-state index in [1.165, 1.54) is 0 Å². The van der Waals surface area contributed by atoms with Crippen molar-refractivity contribution in [3.8, 4) is 11.3 Å². The maximum absolute atomic E-state index is 12.3. The van der Waals surface area contributed by atoms with Crippen molar-refractivity contribution in [2.75, 3.05) is 10.6 Å². The lowest BCUT2D eigenvalue weighted by Crippen LogP contribution is -2.19. The summed E-state index contributed by atoms with van der Waals surface area (Å²) in [6.45, 7) is 6.01. The van der Waals surface area contributed by atoms with Crippen molar-refractivity contribution in [2.24, 2.45) is 0 Å². The van der Waals surface area contributed by atoms with Gasteiger partial charge in [0.05, 0.1) is 22.3 Å². The second-order valence-corrected chi connectivity index (χ2v) is 10.2. The molecule has 0 aliphatic rings. The zero-order chi connectivity index (χ0) is 24.7. The normalized spacial score (nSPS) is 11.7. The van der Waals surface area contributed by atoms with E-state index in [4.69, 9.17) is 14.6 Å². The van der Waals surface area contributed by atoms with Gasteiger partial charge in [-0.05, 0) is 29.8 Å². The number of rotatable bonds is 5. The summed E-state index contributed by atoms with van der Waals surface area (Å²) in [5, 5.41) is 18.4. The maximum Gasteiger partial charge on any atom is 0.324 e. The summed E-state index contributed by atoms with van der Waals surface area (Å²) in [5.74, 6) is 0.170. The lowest BCUT2D eigenvalue weighted by Gasteiger charge is -2.12. The van der Waals surface area contributed by atoms with E-state index in [0.717, 1.165) is 32.0 Å². The van der Waals surface area contributed by atoms with Crippen LogP contribution in [0, 0.1) is 0 Å². The SMILES string of the molecule is CC(C)(C)c1cc(NC(=O)Nc2ccc(-c3cn4c(n3)sc3ccc(CC(=O)O)cc34)cc2)no1. The molecule has 0 saturated carbocycles. The Bertz CT molecular complexity index is 1560. The van der Waals surface area contributed by atoms with Gasteiger partial charge in [0.2, 0.25) is 0 Å². The molecule has 0 aliphatic carbocycles. The number of anilines is 2. The Morgan fingerprint density at radius 3 is 2.54 bits per heavy atom. The Morgan fingerprint density at radius 2 is 1.86 bits per heavy atom. The molecule has 0 fully saturated rings. The Hall–Kier alpha value is -4.18. The lowest BCUT2D eigenvalue weighted by atomic mass is 9.93. The quantitative estimate of drug-likeness (QED) is 0.288. The van der Waals surface area contributed by atoms with Gasteiger partial charge in [-0.1, -0.05) is 55.5 Å². The minimum absolute atomic E-state index is 0.0225. The number of hydrogen-bond donors (Lipinski definition) is 3. The average molecular weight is 490 g/mol. The van der Waals surface area contributed by atoms with Crippen LogP contribution in [0.4, 0.5) is 16.3 Å². The van der Waals surface area contributed by atoms with Gasteiger partial charge in [0.1, 0.15) is 5.76 Å². The van der Waals surface area contributed by atoms with Crippen molar-refractivity contribution in [1.82, 2.24) is 14.5 Å². The molecule has 2 amide bonds. The number of aliphatic carboxylic acids is 1. The number of nitrogens with one attached hydrogen (secondary N) is 2. The number of fused-ring (bicyclic) bond motifs is 3. The molecule has 3 heterocycles. The zero-order valence-electron chi connectivity index (χ0n) is 19.3. The molecule has 0 radical (unpaired) electrons. The van der Waals surface area contributed by atoms with E-state index in [1.807, 2.05) is 61.7 Å². The van der Waals surface area contributed by atoms with Crippen molar-refractivity contribution < 1.29 is 19.2 Å². The third-order valence-electron chi connectivity index (χ3n) is 5.44. The van der Waals surface area contributed by atoms with Crippen LogP contribution >= 0.6 is 11.3 Å². The molecule has 5 aromatic rings. The van der Waals surface area contributed by atoms with Crippen molar-refractivity contribution in [1.29, 1.82) is 0 Å². The van der Waals surface area contributed by atoms with Gasteiger partial charge in [-0.2, -0.15) is 0 Å². The van der Waals surface area contributed by atoms with E-state index in [1.54, 1.807) is 29.5 Å². The molecule has 0 atom stereocenters. The molecule has 35 heavy (non-hydrogen) atoms. The van der Waals surface area contributed by atoms with Crippen LogP contribution in [-0.2, 0) is 16.6 Å².